The van der Waals surface area contributed by atoms with E-state index >= 15 is 0 Å². The lowest BCUT2D eigenvalue weighted by molar-refractivity contribution is -0.142. The lowest BCUT2D eigenvalue weighted by atomic mass is 10.1. The third-order valence-electron chi connectivity index (χ3n) is 4.47. The Morgan fingerprint density at radius 2 is 2.17 bits per heavy atom. The van der Waals surface area contributed by atoms with E-state index in [4.69, 9.17) is 4.74 Å². The quantitative estimate of drug-likeness (QED) is 0.695. The van der Waals surface area contributed by atoms with Gasteiger partial charge in [0.25, 0.3) is 5.91 Å². The maximum Gasteiger partial charge on any atom is 0.250 e. The maximum absolute atomic E-state index is 12.9. The van der Waals surface area contributed by atoms with Gasteiger partial charge in [-0.15, -0.1) is 11.8 Å². The first-order valence-corrected chi connectivity index (χ1v) is 9.65. The zero-order chi connectivity index (χ0) is 16.8. The van der Waals surface area contributed by atoms with Crippen LogP contribution < -0.4 is 0 Å². The summed E-state index contributed by atoms with van der Waals surface area (Å²) in [6.07, 6.45) is 3.78. The molecule has 0 N–H and O–H groups in total. The van der Waals surface area contributed by atoms with Crippen molar-refractivity contribution in [2.45, 2.75) is 39.7 Å². The fourth-order valence-electron chi connectivity index (χ4n) is 3.09. The molecule has 2 heterocycles. The van der Waals surface area contributed by atoms with Crippen LogP contribution in [0.3, 0.4) is 0 Å². The smallest absolute Gasteiger partial charge is 0.250 e. The van der Waals surface area contributed by atoms with Crippen molar-refractivity contribution in [2.24, 2.45) is 5.92 Å². The summed E-state index contributed by atoms with van der Waals surface area (Å²) in [4.78, 5) is 29.1. The Morgan fingerprint density at radius 3 is 2.78 bits per heavy atom. The van der Waals surface area contributed by atoms with Crippen LogP contribution in [0.25, 0.3) is 0 Å². The summed E-state index contributed by atoms with van der Waals surface area (Å²) in [7, 11) is 0. The molecule has 2 aliphatic heterocycles. The molecule has 130 valence electrons. The number of allylic oxidation sites excluding steroid dienone is 1. The van der Waals surface area contributed by atoms with Gasteiger partial charge < -0.3 is 14.5 Å². The Kier molecular flexibility index (Phi) is 6.96. The van der Waals surface area contributed by atoms with E-state index < -0.39 is 0 Å². The minimum absolute atomic E-state index is 0.00421. The number of ether oxygens (including phenoxy) is 1. The van der Waals surface area contributed by atoms with Crippen LogP contribution in [0.1, 0.15) is 33.6 Å². The fraction of sp³-hybridized carbons (Fsp3) is 0.765. The van der Waals surface area contributed by atoms with E-state index in [1.807, 2.05) is 31.7 Å². The van der Waals surface area contributed by atoms with Gasteiger partial charge in [-0.05, 0) is 26.7 Å². The van der Waals surface area contributed by atoms with E-state index in [-0.39, 0.29) is 17.9 Å². The molecule has 0 radical (unpaired) electrons. The number of carbonyl (C=O) groups excluding carboxylic acids is 2. The molecule has 0 unspecified atom stereocenters. The molecule has 2 rings (SSSR count). The van der Waals surface area contributed by atoms with Crippen molar-refractivity contribution in [1.82, 2.24) is 9.80 Å². The Morgan fingerprint density at radius 1 is 1.39 bits per heavy atom. The molecule has 2 fully saturated rings. The van der Waals surface area contributed by atoms with Crippen molar-refractivity contribution in [2.75, 3.05) is 37.9 Å². The largest absolute Gasteiger partial charge is 0.381 e. The molecule has 0 saturated carbocycles. The number of thioether (sulfide) groups is 1. The molecular weight excluding hydrogens is 312 g/mol. The lowest BCUT2D eigenvalue weighted by Crippen LogP contribution is -2.50. The molecule has 0 bridgehead atoms. The van der Waals surface area contributed by atoms with E-state index in [2.05, 4.69) is 0 Å². The van der Waals surface area contributed by atoms with Gasteiger partial charge in [0, 0.05) is 36.9 Å². The Hall–Kier alpha value is -1.01. The van der Waals surface area contributed by atoms with E-state index in [1.165, 1.54) is 0 Å². The van der Waals surface area contributed by atoms with E-state index in [0.717, 1.165) is 38.2 Å². The highest BCUT2D eigenvalue weighted by Gasteiger charge is 2.37. The summed E-state index contributed by atoms with van der Waals surface area (Å²) in [6.45, 7) is 8.81. The average molecular weight is 340 g/mol. The highest BCUT2D eigenvalue weighted by Crippen LogP contribution is 2.25. The SMILES string of the molecule is CC/C=C(\C)C(=O)N1CSC[C@@H]1C(=O)N(CC)C[C@@H]1CCOC1. The minimum Gasteiger partial charge on any atom is -0.381 e. The molecule has 2 amide bonds. The van der Waals surface area contributed by atoms with Crippen LogP contribution in [0.4, 0.5) is 0 Å². The van der Waals surface area contributed by atoms with Gasteiger partial charge in [-0.25, -0.2) is 0 Å². The Balaban J connectivity index is 2.03. The predicted octanol–water partition coefficient (Wildman–Crippen LogP) is 2.13. The van der Waals surface area contributed by atoms with Crippen molar-refractivity contribution < 1.29 is 14.3 Å². The standard InChI is InChI=1S/C17H28N2O3S/c1-4-6-13(3)16(20)19-12-23-11-15(19)17(21)18(5-2)9-14-7-8-22-10-14/h6,14-15H,4-5,7-12H2,1-3H3/b13-6+/t14-,15+/m0/s1. The molecule has 0 aromatic heterocycles. The van der Waals surface area contributed by atoms with Crippen LogP contribution in [0.2, 0.25) is 0 Å². The molecule has 6 heteroatoms. The molecule has 2 saturated heterocycles. The summed E-state index contributed by atoms with van der Waals surface area (Å²) < 4.78 is 5.41. The summed E-state index contributed by atoms with van der Waals surface area (Å²) in [5, 5.41) is 0. The number of nitrogens with zero attached hydrogens (tertiary/aromatic N) is 2. The highest BCUT2D eigenvalue weighted by atomic mass is 32.2. The first-order valence-electron chi connectivity index (χ1n) is 8.50. The number of likely N-dealkylation sites (N-methyl/N-ethyl adjacent to an activating group) is 1. The topological polar surface area (TPSA) is 49.9 Å². The fourth-order valence-corrected chi connectivity index (χ4v) is 4.24. The van der Waals surface area contributed by atoms with Gasteiger partial charge in [0.2, 0.25) is 5.91 Å². The predicted molar refractivity (Wildman–Crippen MR) is 93.2 cm³/mol. The van der Waals surface area contributed by atoms with E-state index in [0.29, 0.717) is 24.1 Å². The van der Waals surface area contributed by atoms with Crippen molar-refractivity contribution >= 4 is 23.6 Å². The Labute approximate surface area is 143 Å². The summed E-state index contributed by atoms with van der Waals surface area (Å²) in [5.41, 5.74) is 0.736. The van der Waals surface area contributed by atoms with Gasteiger partial charge >= 0.3 is 0 Å². The number of hydrogen-bond donors (Lipinski definition) is 0. The number of rotatable bonds is 6. The third kappa shape index (κ3) is 4.51. The van der Waals surface area contributed by atoms with Crippen LogP contribution in [-0.4, -0.2) is 65.6 Å². The average Bonchev–Trinajstić information content (AvgIpc) is 3.22. The summed E-state index contributed by atoms with van der Waals surface area (Å²) >= 11 is 1.66. The minimum atomic E-state index is -0.324. The van der Waals surface area contributed by atoms with Crippen LogP contribution in [0.5, 0.6) is 0 Å². The number of hydrogen-bond acceptors (Lipinski definition) is 4. The zero-order valence-electron chi connectivity index (χ0n) is 14.4. The van der Waals surface area contributed by atoms with Gasteiger partial charge in [-0.1, -0.05) is 13.0 Å². The second-order valence-corrected chi connectivity index (χ2v) is 7.19. The number of amides is 2. The van der Waals surface area contributed by atoms with Crippen LogP contribution >= 0.6 is 11.8 Å². The third-order valence-corrected chi connectivity index (χ3v) is 5.48. The summed E-state index contributed by atoms with van der Waals surface area (Å²) in [6, 6.07) is -0.324. The Bertz CT molecular complexity index is 461. The molecule has 0 spiro atoms. The van der Waals surface area contributed by atoms with Gasteiger partial charge in [-0.2, -0.15) is 0 Å². The van der Waals surface area contributed by atoms with Crippen LogP contribution in [0, 0.1) is 5.92 Å². The van der Waals surface area contributed by atoms with Crippen molar-refractivity contribution in [3.8, 4) is 0 Å². The molecule has 0 aromatic carbocycles. The highest BCUT2D eigenvalue weighted by molar-refractivity contribution is 7.99. The van der Waals surface area contributed by atoms with Gasteiger partial charge in [0.05, 0.1) is 12.5 Å². The molecule has 0 aliphatic carbocycles. The van der Waals surface area contributed by atoms with E-state index in [1.54, 1.807) is 16.7 Å². The summed E-state index contributed by atoms with van der Waals surface area (Å²) in [5.74, 6) is 1.81. The lowest BCUT2D eigenvalue weighted by Gasteiger charge is -2.30. The van der Waals surface area contributed by atoms with Gasteiger partial charge in [-0.3, -0.25) is 9.59 Å². The molecule has 5 nitrogen and oxygen atoms in total. The van der Waals surface area contributed by atoms with Gasteiger partial charge in [0.15, 0.2) is 0 Å². The van der Waals surface area contributed by atoms with E-state index in [9.17, 15) is 9.59 Å². The molecular formula is C17H28N2O3S. The van der Waals surface area contributed by atoms with Gasteiger partial charge in [0.1, 0.15) is 6.04 Å². The monoisotopic (exact) mass is 340 g/mol. The van der Waals surface area contributed by atoms with Crippen molar-refractivity contribution in [3.05, 3.63) is 11.6 Å². The first-order chi connectivity index (χ1) is 11.1. The van der Waals surface area contributed by atoms with Crippen LogP contribution in [0.15, 0.2) is 11.6 Å². The van der Waals surface area contributed by atoms with Crippen LogP contribution in [-0.2, 0) is 14.3 Å². The zero-order valence-corrected chi connectivity index (χ0v) is 15.2. The first kappa shape index (κ1) is 18.3. The van der Waals surface area contributed by atoms with Crippen molar-refractivity contribution in [1.29, 1.82) is 0 Å². The molecule has 2 aliphatic rings. The number of carbonyl (C=O) groups is 2. The second kappa shape index (κ2) is 8.73. The molecule has 23 heavy (non-hydrogen) atoms. The normalized spacial score (nSPS) is 25.0. The van der Waals surface area contributed by atoms with Crippen molar-refractivity contribution in [3.63, 3.8) is 0 Å². The molecule has 2 atom stereocenters. The molecule has 0 aromatic rings. The second-order valence-electron chi connectivity index (χ2n) is 6.19. The maximum atomic E-state index is 12.9.